The van der Waals surface area contributed by atoms with Gasteiger partial charge in [-0.15, -0.1) is 0 Å². The third kappa shape index (κ3) is 3.26. The number of rotatable bonds is 5. The van der Waals surface area contributed by atoms with Crippen LogP contribution in [0.3, 0.4) is 0 Å². The zero-order valence-corrected chi connectivity index (χ0v) is 13.0. The lowest BCUT2D eigenvalue weighted by molar-refractivity contribution is 0.0997. The fraction of sp³-hybridized carbons (Fsp3) is 0.188. The fourth-order valence-corrected chi connectivity index (χ4v) is 2.30. The molecule has 0 saturated carbocycles. The predicted molar refractivity (Wildman–Crippen MR) is 83.7 cm³/mol. The Bertz CT molecular complexity index is 698. The van der Waals surface area contributed by atoms with Crippen molar-refractivity contribution >= 4 is 17.5 Å². The van der Waals surface area contributed by atoms with Gasteiger partial charge in [0, 0.05) is 5.56 Å². The number of benzene rings is 2. The molecule has 0 fully saturated rings. The van der Waals surface area contributed by atoms with Gasteiger partial charge in [0.15, 0.2) is 0 Å². The third-order valence-electron chi connectivity index (χ3n) is 3.25. The van der Waals surface area contributed by atoms with Crippen molar-refractivity contribution in [2.45, 2.75) is 13.5 Å². The van der Waals surface area contributed by atoms with Crippen molar-refractivity contribution in [3.05, 3.63) is 52.0 Å². The Labute approximate surface area is 133 Å². The van der Waals surface area contributed by atoms with Crippen molar-refractivity contribution in [2.75, 3.05) is 7.11 Å². The highest BCUT2D eigenvalue weighted by molar-refractivity contribution is 6.32. The molecule has 0 unspecified atom stereocenters. The van der Waals surface area contributed by atoms with Crippen LogP contribution in [0.4, 0.5) is 0 Å². The number of ether oxygens (including phenoxy) is 2. The van der Waals surface area contributed by atoms with Gasteiger partial charge in [0.25, 0.3) is 5.91 Å². The Morgan fingerprint density at radius 2 is 1.95 bits per heavy atom. The van der Waals surface area contributed by atoms with E-state index in [-0.39, 0.29) is 22.9 Å². The summed E-state index contributed by atoms with van der Waals surface area (Å²) in [5.74, 6) is 0.104. The first-order valence-corrected chi connectivity index (χ1v) is 6.89. The third-order valence-corrected chi connectivity index (χ3v) is 3.53. The van der Waals surface area contributed by atoms with Gasteiger partial charge in [-0.3, -0.25) is 4.79 Å². The summed E-state index contributed by atoms with van der Waals surface area (Å²) in [6.07, 6.45) is 0. The summed E-state index contributed by atoms with van der Waals surface area (Å²) < 4.78 is 10.7. The molecule has 0 spiro atoms. The number of primary amides is 1. The second kappa shape index (κ2) is 6.58. The lowest BCUT2D eigenvalue weighted by atomic mass is 10.1. The van der Waals surface area contributed by atoms with E-state index in [1.54, 1.807) is 14.0 Å². The molecule has 2 rings (SSSR count). The van der Waals surface area contributed by atoms with Gasteiger partial charge in [0.05, 0.1) is 17.7 Å². The smallest absolute Gasteiger partial charge is 0.252 e. The summed E-state index contributed by atoms with van der Waals surface area (Å²) in [5.41, 5.74) is 6.44. The SMILES string of the molecule is COc1ccc(COc2c(Cl)cc(C(N)=O)c(O)c2C)cc1. The minimum Gasteiger partial charge on any atom is -0.507 e. The number of aromatic hydroxyl groups is 1. The number of hydrogen-bond donors (Lipinski definition) is 2. The number of amides is 1. The molecule has 0 aliphatic rings. The quantitative estimate of drug-likeness (QED) is 0.886. The van der Waals surface area contributed by atoms with Gasteiger partial charge in [-0.1, -0.05) is 23.7 Å². The van der Waals surface area contributed by atoms with Gasteiger partial charge in [0.2, 0.25) is 0 Å². The lowest BCUT2D eigenvalue weighted by Gasteiger charge is -2.14. The van der Waals surface area contributed by atoms with Gasteiger partial charge in [-0.2, -0.15) is 0 Å². The Morgan fingerprint density at radius 1 is 1.32 bits per heavy atom. The van der Waals surface area contributed by atoms with Crippen LogP contribution < -0.4 is 15.2 Å². The van der Waals surface area contributed by atoms with E-state index in [1.807, 2.05) is 24.3 Å². The molecule has 116 valence electrons. The van der Waals surface area contributed by atoms with Crippen LogP contribution in [0.1, 0.15) is 21.5 Å². The number of nitrogens with two attached hydrogens (primary N) is 1. The summed E-state index contributed by atoms with van der Waals surface area (Å²) in [5, 5.41) is 10.2. The van der Waals surface area contributed by atoms with E-state index < -0.39 is 5.91 Å². The number of carbonyl (C=O) groups excluding carboxylic acids is 1. The Kier molecular flexibility index (Phi) is 4.78. The van der Waals surface area contributed by atoms with Crippen molar-refractivity contribution < 1.29 is 19.4 Å². The molecule has 0 atom stereocenters. The van der Waals surface area contributed by atoms with Crippen molar-refractivity contribution in [2.24, 2.45) is 5.73 Å². The zero-order chi connectivity index (χ0) is 16.3. The molecule has 0 bridgehead atoms. The van der Waals surface area contributed by atoms with Crippen molar-refractivity contribution in [1.82, 2.24) is 0 Å². The molecular formula is C16H16ClNO4. The maximum atomic E-state index is 11.2. The molecule has 6 heteroatoms. The lowest BCUT2D eigenvalue weighted by Crippen LogP contribution is -2.12. The van der Waals surface area contributed by atoms with Crippen LogP contribution in [0.15, 0.2) is 30.3 Å². The van der Waals surface area contributed by atoms with E-state index >= 15 is 0 Å². The Hall–Kier alpha value is -2.40. The first-order valence-electron chi connectivity index (χ1n) is 6.51. The summed E-state index contributed by atoms with van der Waals surface area (Å²) in [4.78, 5) is 11.2. The van der Waals surface area contributed by atoms with Gasteiger partial charge < -0.3 is 20.3 Å². The van der Waals surface area contributed by atoms with E-state index in [2.05, 4.69) is 0 Å². The Morgan fingerprint density at radius 3 is 2.50 bits per heavy atom. The Balaban J connectivity index is 2.22. The van der Waals surface area contributed by atoms with Crippen molar-refractivity contribution in [3.8, 4) is 17.2 Å². The molecule has 0 saturated heterocycles. The first kappa shape index (κ1) is 16.0. The van der Waals surface area contributed by atoms with Crippen LogP contribution in [0.25, 0.3) is 0 Å². The van der Waals surface area contributed by atoms with Crippen LogP contribution in [0.5, 0.6) is 17.2 Å². The fourth-order valence-electron chi connectivity index (χ4n) is 1.99. The highest BCUT2D eigenvalue weighted by atomic mass is 35.5. The van der Waals surface area contributed by atoms with Gasteiger partial charge in [-0.05, 0) is 30.7 Å². The molecule has 0 radical (unpaired) electrons. The van der Waals surface area contributed by atoms with Crippen LogP contribution in [-0.2, 0) is 6.61 Å². The molecule has 2 aromatic rings. The van der Waals surface area contributed by atoms with Crippen LogP contribution in [0.2, 0.25) is 5.02 Å². The maximum Gasteiger partial charge on any atom is 0.252 e. The molecule has 2 aromatic carbocycles. The highest BCUT2D eigenvalue weighted by Gasteiger charge is 2.18. The second-order valence-electron chi connectivity index (χ2n) is 4.71. The van der Waals surface area contributed by atoms with Crippen LogP contribution in [-0.4, -0.2) is 18.1 Å². The molecule has 22 heavy (non-hydrogen) atoms. The molecule has 0 heterocycles. The first-order chi connectivity index (χ1) is 10.4. The van der Waals surface area contributed by atoms with E-state index in [1.165, 1.54) is 6.07 Å². The largest absolute Gasteiger partial charge is 0.507 e. The standard InChI is InChI=1S/C16H16ClNO4/c1-9-14(19)12(16(18)20)7-13(17)15(9)22-8-10-3-5-11(21-2)6-4-10/h3-7,19H,8H2,1-2H3,(H2,18,20). The molecule has 0 aliphatic heterocycles. The van der Waals surface area contributed by atoms with E-state index in [4.69, 9.17) is 26.8 Å². The maximum absolute atomic E-state index is 11.2. The minimum atomic E-state index is -0.746. The van der Waals surface area contributed by atoms with Crippen molar-refractivity contribution in [3.63, 3.8) is 0 Å². The summed E-state index contributed by atoms with van der Waals surface area (Å²) in [7, 11) is 1.59. The van der Waals surface area contributed by atoms with Crippen molar-refractivity contribution in [1.29, 1.82) is 0 Å². The van der Waals surface area contributed by atoms with Gasteiger partial charge in [-0.25, -0.2) is 0 Å². The zero-order valence-electron chi connectivity index (χ0n) is 12.2. The van der Waals surface area contributed by atoms with E-state index in [0.717, 1.165) is 11.3 Å². The van der Waals surface area contributed by atoms with Crippen LogP contribution >= 0.6 is 11.6 Å². The highest BCUT2D eigenvalue weighted by Crippen LogP contribution is 2.37. The summed E-state index contributed by atoms with van der Waals surface area (Å²) >= 11 is 6.10. The molecule has 1 amide bonds. The molecule has 3 N–H and O–H groups in total. The van der Waals surface area contributed by atoms with Crippen LogP contribution in [0, 0.1) is 6.92 Å². The summed E-state index contributed by atoms with van der Waals surface area (Å²) in [6.45, 7) is 1.87. The number of carbonyl (C=O) groups is 1. The topological polar surface area (TPSA) is 81.8 Å². The average molecular weight is 322 g/mol. The number of halogens is 1. The second-order valence-corrected chi connectivity index (χ2v) is 5.12. The minimum absolute atomic E-state index is 0.0284. The van der Waals surface area contributed by atoms with Gasteiger partial charge in [0.1, 0.15) is 23.9 Å². The average Bonchev–Trinajstić information content (AvgIpc) is 2.51. The monoisotopic (exact) mass is 321 g/mol. The summed E-state index contributed by atoms with van der Waals surface area (Å²) in [6, 6.07) is 8.66. The molecule has 5 nitrogen and oxygen atoms in total. The van der Waals surface area contributed by atoms with E-state index in [0.29, 0.717) is 11.3 Å². The van der Waals surface area contributed by atoms with Gasteiger partial charge >= 0.3 is 0 Å². The molecule has 0 aliphatic carbocycles. The molecular weight excluding hydrogens is 306 g/mol. The number of phenols is 1. The normalized spacial score (nSPS) is 10.3. The number of hydrogen-bond acceptors (Lipinski definition) is 4. The molecule has 0 aromatic heterocycles. The number of methoxy groups -OCH3 is 1. The predicted octanol–water partition coefficient (Wildman–Crippen LogP) is 3.04. The van der Waals surface area contributed by atoms with E-state index in [9.17, 15) is 9.90 Å².